The fourth-order valence-electron chi connectivity index (χ4n) is 5.58. The number of hydrogen-bond acceptors (Lipinski definition) is 8. The van der Waals surface area contributed by atoms with Crippen molar-refractivity contribution >= 4 is 46.4 Å². The number of carbonyl (C=O) groups is 2. The zero-order valence-electron chi connectivity index (χ0n) is 21.2. The first-order valence-corrected chi connectivity index (χ1v) is 13.9. The van der Waals surface area contributed by atoms with E-state index in [1.807, 2.05) is 4.90 Å². The first-order chi connectivity index (χ1) is 19.7. The Morgan fingerprint density at radius 2 is 2.15 bits per heavy atom. The first-order valence-electron chi connectivity index (χ1n) is 12.6. The molecular weight excluding hydrogens is 585 g/mol. The van der Waals surface area contributed by atoms with Crippen molar-refractivity contribution in [3.8, 4) is 0 Å². The Labute approximate surface area is 240 Å². The number of carboxylic acid groups (broad SMARTS) is 1. The summed E-state index contributed by atoms with van der Waals surface area (Å²) < 4.78 is 47.2. The third-order valence-electron chi connectivity index (χ3n) is 7.36. The number of hydrogen-bond donors (Lipinski definition) is 1. The SMILES string of the molecule is O=C(O)CCCN1C(=O)OC[C@]12CC1=C(c3ccn(C(F)F)n3)[C@H](c3ccc(F)cc3Cl)N=C(c3nccs3)N1C2. The lowest BCUT2D eigenvalue weighted by Gasteiger charge is -2.33. The number of nitrogens with zero attached hydrogens (tertiary/aromatic N) is 6. The number of amidine groups is 1. The lowest BCUT2D eigenvalue weighted by Crippen LogP contribution is -2.50. The van der Waals surface area contributed by atoms with Gasteiger partial charge in [0, 0.05) is 59.0 Å². The van der Waals surface area contributed by atoms with Crippen LogP contribution in [0.3, 0.4) is 0 Å². The number of carboxylic acids is 1. The number of aromatic nitrogens is 3. The zero-order chi connectivity index (χ0) is 28.9. The minimum absolute atomic E-state index is 0.0325. The number of rotatable bonds is 8. The second-order valence-corrected chi connectivity index (χ2v) is 11.2. The number of fused-ring (bicyclic) bond motifs is 1. The van der Waals surface area contributed by atoms with Crippen molar-refractivity contribution < 1.29 is 32.6 Å². The molecule has 41 heavy (non-hydrogen) atoms. The molecule has 1 N–H and O–H groups in total. The van der Waals surface area contributed by atoms with E-state index in [-0.39, 0.29) is 49.7 Å². The normalized spacial score (nSPS) is 22.1. The molecule has 0 unspecified atom stereocenters. The molecule has 2 saturated heterocycles. The Morgan fingerprint density at radius 1 is 1.32 bits per heavy atom. The van der Waals surface area contributed by atoms with E-state index in [2.05, 4.69) is 10.1 Å². The zero-order valence-corrected chi connectivity index (χ0v) is 22.8. The minimum atomic E-state index is -2.88. The molecule has 15 heteroatoms. The molecule has 5 heterocycles. The summed E-state index contributed by atoms with van der Waals surface area (Å²) in [5.41, 5.74) is 0.892. The van der Waals surface area contributed by atoms with Crippen molar-refractivity contribution in [3.63, 3.8) is 0 Å². The number of carbonyl (C=O) groups excluding carboxylic acids is 1. The third-order valence-corrected chi connectivity index (χ3v) is 8.46. The van der Waals surface area contributed by atoms with Crippen LogP contribution in [-0.4, -0.2) is 72.8 Å². The largest absolute Gasteiger partial charge is 0.481 e. The van der Waals surface area contributed by atoms with Gasteiger partial charge in [-0.05, 0) is 24.6 Å². The Balaban J connectivity index is 1.52. The van der Waals surface area contributed by atoms with Crippen LogP contribution in [0.5, 0.6) is 0 Å². The fourth-order valence-corrected chi connectivity index (χ4v) is 6.49. The van der Waals surface area contributed by atoms with Crippen LogP contribution in [0.2, 0.25) is 5.02 Å². The lowest BCUT2D eigenvalue weighted by molar-refractivity contribution is -0.137. The second-order valence-electron chi connectivity index (χ2n) is 9.87. The summed E-state index contributed by atoms with van der Waals surface area (Å²) in [6, 6.07) is 4.49. The number of amides is 1. The molecule has 0 bridgehead atoms. The van der Waals surface area contributed by atoms with Crippen LogP contribution in [0.15, 0.2) is 52.7 Å². The highest BCUT2D eigenvalue weighted by molar-refractivity contribution is 7.11. The van der Waals surface area contributed by atoms with Crippen LogP contribution in [-0.2, 0) is 9.53 Å². The molecule has 3 aromatic rings. The maximum absolute atomic E-state index is 14.0. The van der Waals surface area contributed by atoms with Gasteiger partial charge in [-0.1, -0.05) is 17.7 Å². The van der Waals surface area contributed by atoms with Crippen LogP contribution < -0.4 is 0 Å². The molecule has 2 fully saturated rings. The number of ether oxygens (including phenoxy) is 1. The van der Waals surface area contributed by atoms with Crippen molar-refractivity contribution in [2.24, 2.45) is 4.99 Å². The number of aliphatic imine (C=N–C) groups is 1. The molecule has 10 nitrogen and oxygen atoms in total. The van der Waals surface area contributed by atoms with Crippen LogP contribution in [0.25, 0.3) is 5.57 Å². The van der Waals surface area contributed by atoms with Gasteiger partial charge in [-0.15, -0.1) is 11.3 Å². The van der Waals surface area contributed by atoms with Gasteiger partial charge < -0.3 is 14.7 Å². The topological polar surface area (TPSA) is 113 Å². The van der Waals surface area contributed by atoms with E-state index in [1.54, 1.807) is 11.6 Å². The molecule has 6 rings (SSSR count). The van der Waals surface area contributed by atoms with E-state index in [0.717, 1.165) is 12.3 Å². The van der Waals surface area contributed by atoms with Gasteiger partial charge in [-0.3, -0.25) is 14.7 Å². The molecule has 214 valence electrons. The highest BCUT2D eigenvalue weighted by Crippen LogP contribution is 2.50. The quantitative estimate of drug-likeness (QED) is 0.375. The van der Waals surface area contributed by atoms with Crippen molar-refractivity contribution in [3.05, 3.63) is 74.8 Å². The van der Waals surface area contributed by atoms with Crippen molar-refractivity contribution in [2.75, 3.05) is 19.7 Å². The minimum Gasteiger partial charge on any atom is -0.481 e. The summed E-state index contributed by atoms with van der Waals surface area (Å²) in [5, 5.41) is 15.7. The van der Waals surface area contributed by atoms with Crippen molar-refractivity contribution in [2.45, 2.75) is 37.4 Å². The average Bonchev–Trinajstić information content (AvgIpc) is 3.72. The Hall–Kier alpha value is -3.91. The maximum atomic E-state index is 14.0. The van der Waals surface area contributed by atoms with Gasteiger partial charge in [0.2, 0.25) is 0 Å². The summed E-state index contributed by atoms with van der Waals surface area (Å²) in [5.74, 6) is -1.05. The standard InChI is InChI=1S/C26H22ClF3N6O4S/c27-16-10-14(28)3-4-15(16)21-20(17-5-8-36(33-17)24(29)30)18-11-26(12-34(18)22(32-21)23-31-6-9-41-23)13-40-25(39)35(26)7-1-2-19(37)38/h3-6,8-10,21,24H,1-2,7,11-13H2,(H,37,38)/t21-,26+/m0/s1. The number of thiazole rings is 1. The Morgan fingerprint density at radius 3 is 2.83 bits per heavy atom. The third kappa shape index (κ3) is 4.84. The first kappa shape index (κ1) is 27.3. The van der Waals surface area contributed by atoms with E-state index < -0.39 is 36.0 Å². The van der Waals surface area contributed by atoms with Gasteiger partial charge in [0.05, 0.1) is 12.2 Å². The fraction of sp³-hybridized carbons (Fsp3) is 0.346. The van der Waals surface area contributed by atoms with E-state index >= 15 is 0 Å². The molecule has 1 spiro atoms. The van der Waals surface area contributed by atoms with Crippen LogP contribution in [0.1, 0.15) is 48.1 Å². The second kappa shape index (κ2) is 10.5. The van der Waals surface area contributed by atoms with Crippen LogP contribution in [0, 0.1) is 5.82 Å². The van der Waals surface area contributed by atoms with Gasteiger partial charge >= 0.3 is 18.6 Å². The molecule has 0 aliphatic carbocycles. The van der Waals surface area contributed by atoms with Gasteiger partial charge in [0.1, 0.15) is 24.0 Å². The number of benzene rings is 1. The van der Waals surface area contributed by atoms with E-state index in [4.69, 9.17) is 26.4 Å². The monoisotopic (exact) mass is 606 g/mol. The predicted molar refractivity (Wildman–Crippen MR) is 142 cm³/mol. The molecule has 0 saturated carbocycles. The van der Waals surface area contributed by atoms with Gasteiger partial charge in [0.25, 0.3) is 0 Å². The lowest BCUT2D eigenvalue weighted by atomic mass is 9.90. The van der Waals surface area contributed by atoms with Crippen LogP contribution in [0.4, 0.5) is 18.0 Å². The summed E-state index contributed by atoms with van der Waals surface area (Å²) in [6.45, 7) is -2.46. The molecule has 3 aliphatic rings. The summed E-state index contributed by atoms with van der Waals surface area (Å²) in [4.78, 5) is 36.9. The summed E-state index contributed by atoms with van der Waals surface area (Å²) in [7, 11) is 0. The molecule has 0 radical (unpaired) electrons. The van der Waals surface area contributed by atoms with Gasteiger partial charge in [-0.25, -0.2) is 18.9 Å². The molecule has 1 amide bonds. The van der Waals surface area contributed by atoms with Crippen molar-refractivity contribution in [1.29, 1.82) is 0 Å². The van der Waals surface area contributed by atoms with E-state index in [1.165, 1.54) is 34.4 Å². The highest BCUT2D eigenvalue weighted by Gasteiger charge is 2.56. The number of cyclic esters (lactones) is 1. The number of halogens is 4. The molecule has 2 atom stereocenters. The molecule has 1 aromatic carbocycles. The Bertz CT molecular complexity index is 1580. The predicted octanol–water partition coefficient (Wildman–Crippen LogP) is 5.20. The molecular formula is C26H22ClF3N6O4S. The maximum Gasteiger partial charge on any atom is 0.410 e. The average molecular weight is 607 g/mol. The van der Waals surface area contributed by atoms with Crippen LogP contribution >= 0.6 is 22.9 Å². The highest BCUT2D eigenvalue weighted by atomic mass is 35.5. The van der Waals surface area contributed by atoms with E-state index in [0.29, 0.717) is 32.4 Å². The molecule has 2 aromatic heterocycles. The molecule has 3 aliphatic heterocycles. The smallest absolute Gasteiger partial charge is 0.410 e. The Kier molecular flexibility index (Phi) is 6.98. The summed E-state index contributed by atoms with van der Waals surface area (Å²) >= 11 is 7.85. The van der Waals surface area contributed by atoms with Gasteiger partial charge in [-0.2, -0.15) is 13.9 Å². The number of alkyl halides is 2. The number of aliphatic carboxylic acids is 1. The van der Waals surface area contributed by atoms with E-state index in [9.17, 15) is 22.8 Å². The van der Waals surface area contributed by atoms with Gasteiger partial charge in [0.15, 0.2) is 10.8 Å². The van der Waals surface area contributed by atoms with Crippen molar-refractivity contribution in [1.82, 2.24) is 24.6 Å². The summed E-state index contributed by atoms with van der Waals surface area (Å²) in [6.07, 6.45) is 2.55.